The van der Waals surface area contributed by atoms with Crippen LogP contribution in [0, 0.1) is 5.82 Å². The van der Waals surface area contributed by atoms with Crippen LogP contribution in [0.3, 0.4) is 0 Å². The largest absolute Gasteiger partial charge is 0.481 e. The first-order chi connectivity index (χ1) is 8.69. The summed E-state index contributed by atoms with van der Waals surface area (Å²) < 4.78 is 17.9. The number of carbonyl (C=O) groups is 1. The van der Waals surface area contributed by atoms with Crippen molar-refractivity contribution in [1.29, 1.82) is 0 Å². The monoisotopic (exact) mass is 245 g/mol. The molecule has 0 radical (unpaired) electrons. The smallest absolute Gasteiger partial charge is 0.212 e. The highest BCUT2D eigenvalue weighted by Crippen LogP contribution is 2.11. The van der Waals surface area contributed by atoms with Crippen molar-refractivity contribution in [1.82, 2.24) is 4.98 Å². The highest BCUT2D eigenvalue weighted by atomic mass is 19.1. The van der Waals surface area contributed by atoms with E-state index >= 15 is 0 Å². The highest BCUT2D eigenvalue weighted by Gasteiger charge is 2.08. The summed E-state index contributed by atoms with van der Waals surface area (Å²) in [6, 6.07) is 9.12. The second kappa shape index (κ2) is 5.40. The molecule has 0 N–H and O–H groups in total. The van der Waals surface area contributed by atoms with Crippen molar-refractivity contribution < 1.29 is 13.9 Å². The Bertz CT molecular complexity index is 552. The maximum atomic E-state index is 13.0. The van der Waals surface area contributed by atoms with Gasteiger partial charge in [0, 0.05) is 24.2 Å². The first-order valence-corrected chi connectivity index (χ1v) is 5.47. The van der Waals surface area contributed by atoms with Gasteiger partial charge in [-0.3, -0.25) is 4.79 Å². The fourth-order valence-corrected chi connectivity index (χ4v) is 1.59. The van der Waals surface area contributed by atoms with Crippen LogP contribution in [-0.2, 0) is 6.42 Å². The summed E-state index contributed by atoms with van der Waals surface area (Å²) in [5, 5.41) is 0. The van der Waals surface area contributed by atoms with E-state index in [9.17, 15) is 9.18 Å². The topological polar surface area (TPSA) is 39.2 Å². The van der Waals surface area contributed by atoms with Crippen LogP contribution in [0.1, 0.15) is 15.9 Å². The predicted octanol–water partition coefficient (Wildman–Crippen LogP) is 2.65. The van der Waals surface area contributed by atoms with Gasteiger partial charge < -0.3 is 4.74 Å². The van der Waals surface area contributed by atoms with Crippen LogP contribution in [0.2, 0.25) is 0 Å². The van der Waals surface area contributed by atoms with Crippen molar-refractivity contribution >= 4 is 5.78 Å². The van der Waals surface area contributed by atoms with Crippen LogP contribution in [0.15, 0.2) is 42.6 Å². The van der Waals surface area contributed by atoms with Crippen LogP contribution < -0.4 is 4.74 Å². The molecule has 0 unspecified atom stereocenters. The zero-order valence-corrected chi connectivity index (χ0v) is 9.89. The molecule has 4 heteroatoms. The van der Waals surface area contributed by atoms with Gasteiger partial charge in [0.15, 0.2) is 5.78 Å². The molecule has 1 aromatic carbocycles. The van der Waals surface area contributed by atoms with E-state index in [4.69, 9.17) is 4.74 Å². The molecule has 0 aliphatic heterocycles. The number of hydrogen-bond acceptors (Lipinski definition) is 3. The van der Waals surface area contributed by atoms with Crippen molar-refractivity contribution in [2.24, 2.45) is 0 Å². The Morgan fingerprint density at radius 1 is 1.33 bits per heavy atom. The predicted molar refractivity (Wildman–Crippen MR) is 65.2 cm³/mol. The number of Topliss-reactive ketones (excluding diaryl/α,β-unsaturated/α-hetero) is 1. The number of pyridine rings is 1. The number of hydrogen-bond donors (Lipinski definition) is 0. The van der Waals surface area contributed by atoms with Gasteiger partial charge in [-0.25, -0.2) is 9.37 Å². The van der Waals surface area contributed by atoms with Gasteiger partial charge in [0.05, 0.1) is 7.11 Å². The lowest BCUT2D eigenvalue weighted by Crippen LogP contribution is -2.04. The standard InChI is InChI=1S/C14H12FNO2/c1-18-14-6-5-10(9-16-14)7-13(17)11-3-2-4-12(15)8-11/h2-6,8-9H,7H2,1H3. The van der Waals surface area contributed by atoms with Gasteiger partial charge in [-0.1, -0.05) is 18.2 Å². The third kappa shape index (κ3) is 2.91. The number of methoxy groups -OCH3 is 1. The van der Waals surface area contributed by atoms with Gasteiger partial charge in [-0.05, 0) is 17.7 Å². The van der Waals surface area contributed by atoms with Gasteiger partial charge in [0.1, 0.15) is 5.82 Å². The lowest BCUT2D eigenvalue weighted by Gasteiger charge is -2.03. The van der Waals surface area contributed by atoms with E-state index < -0.39 is 5.82 Å². The van der Waals surface area contributed by atoms with Crippen molar-refractivity contribution in [2.45, 2.75) is 6.42 Å². The molecule has 0 saturated carbocycles. The molecule has 0 aliphatic rings. The second-order valence-corrected chi connectivity index (χ2v) is 3.82. The van der Waals surface area contributed by atoms with Gasteiger partial charge in [-0.2, -0.15) is 0 Å². The number of aromatic nitrogens is 1. The van der Waals surface area contributed by atoms with Crippen LogP contribution in [0.5, 0.6) is 5.88 Å². The normalized spacial score (nSPS) is 10.1. The quantitative estimate of drug-likeness (QED) is 0.777. The third-order valence-corrected chi connectivity index (χ3v) is 2.52. The SMILES string of the molecule is COc1ccc(CC(=O)c2cccc(F)c2)cn1. The van der Waals surface area contributed by atoms with Crippen LogP contribution in [0.25, 0.3) is 0 Å². The molecular formula is C14H12FNO2. The molecule has 3 nitrogen and oxygen atoms in total. The molecule has 0 amide bonds. The Kier molecular flexibility index (Phi) is 3.67. The molecule has 1 heterocycles. The Morgan fingerprint density at radius 2 is 2.17 bits per heavy atom. The van der Waals surface area contributed by atoms with E-state index in [0.29, 0.717) is 11.4 Å². The zero-order chi connectivity index (χ0) is 13.0. The van der Waals surface area contributed by atoms with Crippen molar-refractivity contribution in [2.75, 3.05) is 7.11 Å². The van der Waals surface area contributed by atoms with Gasteiger partial charge in [0.25, 0.3) is 0 Å². The minimum absolute atomic E-state index is 0.138. The van der Waals surface area contributed by atoms with E-state index in [1.165, 1.54) is 25.3 Å². The van der Waals surface area contributed by atoms with Crippen molar-refractivity contribution in [3.05, 3.63) is 59.5 Å². The number of ketones is 1. The minimum Gasteiger partial charge on any atom is -0.481 e. The summed E-state index contributed by atoms with van der Waals surface area (Å²) in [4.78, 5) is 15.9. The van der Waals surface area contributed by atoms with Crippen molar-refractivity contribution in [3.8, 4) is 5.88 Å². The fraction of sp³-hybridized carbons (Fsp3) is 0.143. The number of benzene rings is 1. The lowest BCUT2D eigenvalue weighted by molar-refractivity contribution is 0.0992. The molecule has 0 aliphatic carbocycles. The highest BCUT2D eigenvalue weighted by molar-refractivity contribution is 5.97. The van der Waals surface area contributed by atoms with E-state index in [-0.39, 0.29) is 12.2 Å². The van der Waals surface area contributed by atoms with Crippen molar-refractivity contribution in [3.63, 3.8) is 0 Å². The number of carbonyl (C=O) groups excluding carboxylic acids is 1. The first-order valence-electron chi connectivity index (χ1n) is 5.47. The number of ether oxygens (including phenoxy) is 1. The fourth-order valence-electron chi connectivity index (χ4n) is 1.59. The minimum atomic E-state index is -0.409. The van der Waals surface area contributed by atoms with Gasteiger partial charge in [0.2, 0.25) is 5.88 Å². The first kappa shape index (κ1) is 12.2. The van der Waals surface area contributed by atoms with Gasteiger partial charge in [-0.15, -0.1) is 0 Å². The molecule has 18 heavy (non-hydrogen) atoms. The molecule has 92 valence electrons. The molecule has 2 rings (SSSR count). The summed E-state index contributed by atoms with van der Waals surface area (Å²) in [5.41, 5.74) is 1.14. The number of rotatable bonds is 4. The third-order valence-electron chi connectivity index (χ3n) is 2.52. The Morgan fingerprint density at radius 3 is 2.78 bits per heavy atom. The van der Waals surface area contributed by atoms with E-state index in [2.05, 4.69) is 4.98 Å². The summed E-state index contributed by atoms with van der Waals surface area (Å²) >= 11 is 0. The molecule has 0 bridgehead atoms. The maximum absolute atomic E-state index is 13.0. The zero-order valence-electron chi connectivity index (χ0n) is 9.89. The molecule has 1 aromatic heterocycles. The molecule has 0 fully saturated rings. The maximum Gasteiger partial charge on any atom is 0.212 e. The molecule has 0 saturated heterocycles. The second-order valence-electron chi connectivity index (χ2n) is 3.82. The van der Waals surface area contributed by atoms with Gasteiger partial charge >= 0.3 is 0 Å². The van der Waals surface area contributed by atoms with Crippen LogP contribution in [-0.4, -0.2) is 17.9 Å². The molecule has 2 aromatic rings. The molecule has 0 atom stereocenters. The number of halogens is 1. The summed E-state index contributed by atoms with van der Waals surface area (Å²) in [6.07, 6.45) is 1.77. The van der Waals surface area contributed by atoms with Crippen LogP contribution in [0.4, 0.5) is 4.39 Å². The Balaban J connectivity index is 2.11. The molecule has 0 spiro atoms. The lowest BCUT2D eigenvalue weighted by atomic mass is 10.0. The van der Waals surface area contributed by atoms with E-state index in [1.807, 2.05) is 0 Å². The van der Waals surface area contributed by atoms with Crippen LogP contribution >= 0.6 is 0 Å². The summed E-state index contributed by atoms with van der Waals surface area (Å²) in [7, 11) is 1.53. The van der Waals surface area contributed by atoms with E-state index in [0.717, 1.165) is 5.56 Å². The average Bonchev–Trinajstić information content (AvgIpc) is 2.39. The summed E-state index contributed by atoms with van der Waals surface area (Å²) in [6.45, 7) is 0. The Hall–Kier alpha value is -2.23. The number of nitrogens with zero attached hydrogens (tertiary/aromatic N) is 1. The molecular weight excluding hydrogens is 233 g/mol. The van der Waals surface area contributed by atoms with E-state index in [1.54, 1.807) is 24.4 Å². The Labute approximate surface area is 104 Å². The summed E-state index contributed by atoms with van der Waals surface area (Å²) in [5.74, 6) is -0.0490. The average molecular weight is 245 g/mol.